The third kappa shape index (κ3) is 4.96. The monoisotopic (exact) mass is 279 g/mol. The van der Waals surface area contributed by atoms with Crippen LogP contribution in [0.2, 0.25) is 0 Å². The first-order valence-corrected chi connectivity index (χ1v) is 7.28. The average molecular weight is 279 g/mol. The van der Waals surface area contributed by atoms with Crippen LogP contribution in [-0.4, -0.2) is 48.6 Å². The standard InChI is InChI=1S/C15H29N5/c1-7-20(10-8-9-19(5)6)13-11-12(16)17-14(18-13)15(2,3)4/h11H,7-10H2,1-6H3,(H2,16,17,18). The van der Waals surface area contributed by atoms with Gasteiger partial charge in [-0.05, 0) is 34.0 Å². The van der Waals surface area contributed by atoms with Gasteiger partial charge in [-0.15, -0.1) is 0 Å². The number of anilines is 2. The van der Waals surface area contributed by atoms with Crippen molar-refractivity contribution in [1.29, 1.82) is 0 Å². The lowest BCUT2D eigenvalue weighted by molar-refractivity contribution is 0.400. The van der Waals surface area contributed by atoms with Gasteiger partial charge in [0.25, 0.3) is 0 Å². The molecule has 1 rings (SSSR count). The lowest BCUT2D eigenvalue weighted by atomic mass is 9.96. The van der Waals surface area contributed by atoms with Crippen molar-refractivity contribution in [3.05, 3.63) is 11.9 Å². The van der Waals surface area contributed by atoms with E-state index in [1.54, 1.807) is 0 Å². The Bertz CT molecular complexity index is 423. The van der Waals surface area contributed by atoms with Crippen LogP contribution < -0.4 is 10.6 Å². The summed E-state index contributed by atoms with van der Waals surface area (Å²) in [6.07, 6.45) is 1.11. The highest BCUT2D eigenvalue weighted by Gasteiger charge is 2.20. The molecule has 0 radical (unpaired) electrons. The van der Waals surface area contributed by atoms with Crippen molar-refractivity contribution in [2.24, 2.45) is 0 Å². The van der Waals surface area contributed by atoms with Crippen molar-refractivity contribution in [1.82, 2.24) is 14.9 Å². The average Bonchev–Trinajstić information content (AvgIpc) is 2.32. The zero-order valence-corrected chi connectivity index (χ0v) is 13.8. The van der Waals surface area contributed by atoms with Crippen LogP contribution in [0, 0.1) is 0 Å². The van der Waals surface area contributed by atoms with Crippen molar-refractivity contribution >= 4 is 11.6 Å². The summed E-state index contributed by atoms with van der Waals surface area (Å²) in [5, 5.41) is 0. The molecule has 0 aliphatic carbocycles. The number of nitrogen functional groups attached to an aromatic ring is 1. The van der Waals surface area contributed by atoms with Gasteiger partial charge >= 0.3 is 0 Å². The Morgan fingerprint density at radius 1 is 1.15 bits per heavy atom. The third-order valence-corrected chi connectivity index (χ3v) is 3.14. The third-order valence-electron chi connectivity index (χ3n) is 3.14. The predicted octanol–water partition coefficient (Wildman–Crippen LogP) is 2.13. The van der Waals surface area contributed by atoms with E-state index in [4.69, 9.17) is 10.7 Å². The fourth-order valence-corrected chi connectivity index (χ4v) is 1.96. The Morgan fingerprint density at radius 3 is 2.30 bits per heavy atom. The molecule has 0 saturated carbocycles. The van der Waals surface area contributed by atoms with Crippen molar-refractivity contribution in [3.8, 4) is 0 Å². The molecule has 1 aromatic heterocycles. The number of nitrogens with zero attached hydrogens (tertiary/aromatic N) is 4. The molecule has 0 aliphatic rings. The van der Waals surface area contributed by atoms with Crippen molar-refractivity contribution in [2.45, 2.75) is 39.5 Å². The van der Waals surface area contributed by atoms with E-state index in [-0.39, 0.29) is 5.41 Å². The SMILES string of the molecule is CCN(CCCN(C)C)c1cc(N)nc(C(C)(C)C)n1. The van der Waals surface area contributed by atoms with Gasteiger partial charge in [-0.3, -0.25) is 0 Å². The van der Waals surface area contributed by atoms with Crippen LogP contribution in [0.5, 0.6) is 0 Å². The maximum atomic E-state index is 5.94. The van der Waals surface area contributed by atoms with Crippen LogP contribution in [-0.2, 0) is 5.41 Å². The summed E-state index contributed by atoms with van der Waals surface area (Å²) in [5.74, 6) is 2.29. The molecular weight excluding hydrogens is 250 g/mol. The number of aromatic nitrogens is 2. The number of hydrogen-bond acceptors (Lipinski definition) is 5. The summed E-state index contributed by atoms with van der Waals surface area (Å²) in [6.45, 7) is 11.4. The molecule has 0 atom stereocenters. The summed E-state index contributed by atoms with van der Waals surface area (Å²) < 4.78 is 0. The van der Waals surface area contributed by atoms with Crippen LogP contribution >= 0.6 is 0 Å². The minimum Gasteiger partial charge on any atom is -0.384 e. The minimum absolute atomic E-state index is 0.0901. The van der Waals surface area contributed by atoms with E-state index in [2.05, 4.69) is 56.6 Å². The first kappa shape index (κ1) is 16.7. The molecule has 5 nitrogen and oxygen atoms in total. The Labute approximate surface area is 123 Å². The van der Waals surface area contributed by atoms with E-state index in [0.717, 1.165) is 37.7 Å². The second kappa shape index (κ2) is 6.88. The molecule has 0 fully saturated rings. The molecule has 5 heteroatoms. The molecule has 20 heavy (non-hydrogen) atoms. The largest absolute Gasteiger partial charge is 0.384 e. The van der Waals surface area contributed by atoms with Crippen molar-refractivity contribution < 1.29 is 0 Å². The van der Waals surface area contributed by atoms with Gasteiger partial charge in [-0.25, -0.2) is 9.97 Å². The van der Waals surface area contributed by atoms with E-state index in [0.29, 0.717) is 5.82 Å². The van der Waals surface area contributed by atoms with Crippen LogP contribution in [0.4, 0.5) is 11.6 Å². The van der Waals surface area contributed by atoms with Gasteiger partial charge in [-0.1, -0.05) is 20.8 Å². The molecule has 1 heterocycles. The van der Waals surface area contributed by atoms with E-state index >= 15 is 0 Å². The molecule has 0 aromatic carbocycles. The molecule has 0 unspecified atom stereocenters. The van der Waals surface area contributed by atoms with Gasteiger partial charge in [0.15, 0.2) is 0 Å². The summed E-state index contributed by atoms with van der Waals surface area (Å²) in [4.78, 5) is 13.5. The topological polar surface area (TPSA) is 58.3 Å². The normalized spacial score (nSPS) is 11.9. The van der Waals surface area contributed by atoms with Gasteiger partial charge in [0.1, 0.15) is 17.5 Å². The maximum absolute atomic E-state index is 5.94. The van der Waals surface area contributed by atoms with E-state index in [1.165, 1.54) is 0 Å². The Hall–Kier alpha value is -1.36. The number of hydrogen-bond donors (Lipinski definition) is 1. The highest BCUT2D eigenvalue weighted by molar-refractivity contribution is 5.47. The second-order valence-electron chi connectivity index (χ2n) is 6.46. The number of rotatable bonds is 6. The van der Waals surface area contributed by atoms with E-state index < -0.39 is 0 Å². The summed E-state index contributed by atoms with van der Waals surface area (Å²) in [5.41, 5.74) is 5.85. The van der Waals surface area contributed by atoms with E-state index in [9.17, 15) is 0 Å². The highest BCUT2D eigenvalue weighted by Crippen LogP contribution is 2.23. The zero-order valence-electron chi connectivity index (χ0n) is 13.8. The second-order valence-corrected chi connectivity index (χ2v) is 6.46. The predicted molar refractivity (Wildman–Crippen MR) is 86.2 cm³/mol. The van der Waals surface area contributed by atoms with Crippen LogP contribution in [0.3, 0.4) is 0 Å². The maximum Gasteiger partial charge on any atom is 0.138 e. The molecule has 0 spiro atoms. The summed E-state index contributed by atoms with van der Waals surface area (Å²) in [7, 11) is 4.19. The summed E-state index contributed by atoms with van der Waals surface area (Å²) >= 11 is 0. The van der Waals surface area contributed by atoms with Gasteiger partial charge < -0.3 is 15.5 Å². The van der Waals surface area contributed by atoms with Crippen LogP contribution in [0.25, 0.3) is 0 Å². The molecule has 0 saturated heterocycles. The minimum atomic E-state index is -0.0901. The van der Waals surface area contributed by atoms with Gasteiger partial charge in [0, 0.05) is 24.6 Å². The molecule has 1 aromatic rings. The lowest BCUT2D eigenvalue weighted by Crippen LogP contribution is -2.29. The van der Waals surface area contributed by atoms with Crippen molar-refractivity contribution in [2.75, 3.05) is 44.4 Å². The molecule has 114 valence electrons. The smallest absolute Gasteiger partial charge is 0.138 e. The Morgan fingerprint density at radius 2 is 1.80 bits per heavy atom. The first-order valence-electron chi connectivity index (χ1n) is 7.28. The van der Waals surface area contributed by atoms with Crippen LogP contribution in [0.15, 0.2) is 6.07 Å². The van der Waals surface area contributed by atoms with Gasteiger partial charge in [0.2, 0.25) is 0 Å². The fraction of sp³-hybridized carbons (Fsp3) is 0.733. The molecule has 0 aliphatic heterocycles. The first-order chi connectivity index (χ1) is 9.24. The molecule has 0 bridgehead atoms. The Balaban J connectivity index is 2.89. The fourth-order valence-electron chi connectivity index (χ4n) is 1.96. The lowest BCUT2D eigenvalue weighted by Gasteiger charge is -2.25. The quantitative estimate of drug-likeness (QED) is 0.864. The molecule has 2 N–H and O–H groups in total. The highest BCUT2D eigenvalue weighted by atomic mass is 15.2. The number of nitrogens with two attached hydrogens (primary N) is 1. The van der Waals surface area contributed by atoms with E-state index in [1.807, 2.05) is 6.07 Å². The Kier molecular flexibility index (Phi) is 5.74. The van der Waals surface area contributed by atoms with Crippen LogP contribution in [0.1, 0.15) is 39.9 Å². The molecule has 0 amide bonds. The van der Waals surface area contributed by atoms with Crippen molar-refractivity contribution in [3.63, 3.8) is 0 Å². The molecular formula is C15H29N5. The van der Waals surface area contributed by atoms with Gasteiger partial charge in [0.05, 0.1) is 0 Å². The zero-order chi connectivity index (χ0) is 15.3. The summed E-state index contributed by atoms with van der Waals surface area (Å²) in [6, 6.07) is 1.87. The van der Waals surface area contributed by atoms with Gasteiger partial charge in [-0.2, -0.15) is 0 Å².